The minimum absolute atomic E-state index is 0.00102. The molecule has 6 nitrogen and oxygen atoms in total. The number of hydrogen-bond donors (Lipinski definition) is 2. The smallest absolute Gasteiger partial charge is 0.337 e. The second-order valence-electron chi connectivity index (χ2n) is 4.37. The van der Waals surface area contributed by atoms with Gasteiger partial charge >= 0.3 is 5.97 Å². The van der Waals surface area contributed by atoms with Gasteiger partial charge in [-0.2, -0.15) is 5.26 Å². The average molecular weight is 286 g/mol. The zero-order valence-electron chi connectivity index (χ0n) is 11.4. The number of rotatable bonds is 4. The van der Waals surface area contributed by atoms with Crippen LogP contribution in [0.5, 0.6) is 0 Å². The third-order valence-corrected chi connectivity index (χ3v) is 3.04. The lowest BCUT2D eigenvalue weighted by atomic mass is 9.86. The van der Waals surface area contributed by atoms with Crippen LogP contribution in [0.3, 0.4) is 0 Å². The first-order valence-electron chi connectivity index (χ1n) is 6.22. The predicted octanol–water partition coefficient (Wildman–Crippen LogP) is 2.26. The van der Waals surface area contributed by atoms with Crippen molar-refractivity contribution in [3.63, 3.8) is 0 Å². The number of ether oxygens (including phenoxy) is 1. The van der Waals surface area contributed by atoms with Crippen LogP contribution in [0.1, 0.15) is 18.6 Å². The number of nitrogens with zero attached hydrogens (tertiary/aromatic N) is 1. The number of nitriles is 1. The van der Waals surface area contributed by atoms with Crippen LogP contribution < -0.4 is 5.32 Å². The topological polar surface area (TPSA) is 95.5 Å². The van der Waals surface area contributed by atoms with Gasteiger partial charge in [0.2, 0.25) is 5.88 Å². The molecule has 0 aromatic carbocycles. The molecule has 0 fully saturated rings. The summed E-state index contributed by atoms with van der Waals surface area (Å²) in [7, 11) is 0. The maximum Gasteiger partial charge on any atom is 0.337 e. The number of aliphatic hydroxyl groups is 1. The second kappa shape index (κ2) is 6.01. The first-order chi connectivity index (χ1) is 10.1. The van der Waals surface area contributed by atoms with Crippen molar-refractivity contribution in [2.45, 2.75) is 12.8 Å². The largest absolute Gasteiger partial charge is 0.494 e. The molecule has 1 aromatic rings. The summed E-state index contributed by atoms with van der Waals surface area (Å²) in [5.74, 6) is -1.31. The van der Waals surface area contributed by atoms with E-state index in [4.69, 9.17) is 9.15 Å². The van der Waals surface area contributed by atoms with E-state index in [0.717, 1.165) is 0 Å². The summed E-state index contributed by atoms with van der Waals surface area (Å²) in [6.45, 7) is 5.15. The highest BCUT2D eigenvalue weighted by Gasteiger charge is 2.37. The molecule has 2 N–H and O–H groups in total. The number of dihydropyridines is 1. The third kappa shape index (κ3) is 2.67. The highest BCUT2D eigenvalue weighted by molar-refractivity contribution is 5.92. The number of nitrogens with one attached hydrogen (secondary N) is 1. The molecule has 0 unspecified atom stereocenters. The standard InChI is InChI=1S/C15H14N2O4/c1-3-6-21-15(19)12-9(2)17-14(18)10(8-16)13(12)11-5-4-7-20-11/h3-5,7,13,17-18H,1,6H2,2H3/t13-/m0/s1. The van der Waals surface area contributed by atoms with Crippen LogP contribution in [-0.4, -0.2) is 17.7 Å². The van der Waals surface area contributed by atoms with E-state index >= 15 is 0 Å². The normalized spacial score (nSPS) is 18.0. The molecule has 0 spiro atoms. The van der Waals surface area contributed by atoms with Crippen LogP contribution in [0.4, 0.5) is 0 Å². The number of aliphatic hydroxyl groups excluding tert-OH is 1. The van der Waals surface area contributed by atoms with Crippen molar-refractivity contribution in [2.75, 3.05) is 6.61 Å². The Morgan fingerprint density at radius 1 is 1.71 bits per heavy atom. The van der Waals surface area contributed by atoms with Crippen molar-refractivity contribution >= 4 is 5.97 Å². The number of hydrogen-bond acceptors (Lipinski definition) is 6. The van der Waals surface area contributed by atoms with E-state index in [2.05, 4.69) is 11.9 Å². The Morgan fingerprint density at radius 2 is 2.48 bits per heavy atom. The molecule has 0 radical (unpaired) electrons. The van der Waals surface area contributed by atoms with Crippen LogP contribution in [-0.2, 0) is 9.53 Å². The summed E-state index contributed by atoms with van der Waals surface area (Å²) in [6, 6.07) is 5.18. The Balaban J connectivity index is 2.49. The molecule has 108 valence electrons. The molecular formula is C15H14N2O4. The van der Waals surface area contributed by atoms with Crippen molar-refractivity contribution in [2.24, 2.45) is 0 Å². The van der Waals surface area contributed by atoms with Gasteiger partial charge in [0.1, 0.15) is 24.0 Å². The minimum atomic E-state index is -0.802. The van der Waals surface area contributed by atoms with Crippen LogP contribution in [0, 0.1) is 11.3 Å². The average Bonchev–Trinajstić information content (AvgIpc) is 2.97. The summed E-state index contributed by atoms with van der Waals surface area (Å²) in [5, 5.41) is 21.7. The molecule has 1 aliphatic heterocycles. The van der Waals surface area contributed by atoms with E-state index in [1.54, 1.807) is 19.1 Å². The molecule has 1 aliphatic rings. The van der Waals surface area contributed by atoms with Crippen molar-refractivity contribution in [1.29, 1.82) is 5.26 Å². The number of carbonyl (C=O) groups is 1. The SMILES string of the molecule is C=CCOC(=O)C1=C(C)NC(O)=C(C#N)[C@H]1c1ccco1. The van der Waals surface area contributed by atoms with Crippen LogP contribution >= 0.6 is 0 Å². The van der Waals surface area contributed by atoms with E-state index in [0.29, 0.717) is 11.5 Å². The molecule has 1 atom stereocenters. The van der Waals surface area contributed by atoms with E-state index in [-0.39, 0.29) is 23.6 Å². The van der Waals surface area contributed by atoms with Gasteiger partial charge in [-0.05, 0) is 19.1 Å². The van der Waals surface area contributed by atoms with Crippen molar-refractivity contribution in [1.82, 2.24) is 5.32 Å². The molecule has 0 aliphatic carbocycles. The van der Waals surface area contributed by atoms with Gasteiger partial charge < -0.3 is 19.6 Å². The van der Waals surface area contributed by atoms with Gasteiger partial charge in [-0.3, -0.25) is 0 Å². The van der Waals surface area contributed by atoms with E-state index in [1.807, 2.05) is 6.07 Å². The van der Waals surface area contributed by atoms with Crippen LogP contribution in [0.15, 0.2) is 58.2 Å². The lowest BCUT2D eigenvalue weighted by Gasteiger charge is -2.25. The summed E-state index contributed by atoms with van der Waals surface area (Å²) in [4.78, 5) is 12.2. The number of carbonyl (C=O) groups excluding carboxylic acids is 1. The molecule has 0 saturated heterocycles. The third-order valence-electron chi connectivity index (χ3n) is 3.04. The Labute approximate surface area is 121 Å². The number of esters is 1. The molecular weight excluding hydrogens is 272 g/mol. The summed E-state index contributed by atoms with van der Waals surface area (Å²) >= 11 is 0. The van der Waals surface area contributed by atoms with E-state index in [9.17, 15) is 15.2 Å². The summed E-state index contributed by atoms with van der Waals surface area (Å²) < 4.78 is 10.3. The minimum Gasteiger partial charge on any atom is -0.494 e. The van der Waals surface area contributed by atoms with Crippen molar-refractivity contribution in [3.05, 3.63) is 59.5 Å². The van der Waals surface area contributed by atoms with Gasteiger partial charge in [0.15, 0.2) is 0 Å². The Bertz CT molecular complexity index is 662. The molecule has 21 heavy (non-hydrogen) atoms. The first-order valence-corrected chi connectivity index (χ1v) is 6.22. The monoisotopic (exact) mass is 286 g/mol. The van der Waals surface area contributed by atoms with Crippen LogP contribution in [0.25, 0.3) is 0 Å². The lowest BCUT2D eigenvalue weighted by molar-refractivity contribution is -0.138. The van der Waals surface area contributed by atoms with Gasteiger partial charge in [-0.1, -0.05) is 12.7 Å². The molecule has 1 aromatic heterocycles. The maximum absolute atomic E-state index is 12.2. The second-order valence-corrected chi connectivity index (χ2v) is 4.37. The van der Waals surface area contributed by atoms with E-state index < -0.39 is 11.9 Å². The molecule has 6 heteroatoms. The number of allylic oxidation sites excluding steroid dienone is 2. The summed E-state index contributed by atoms with van der Waals surface area (Å²) in [6.07, 6.45) is 2.88. The van der Waals surface area contributed by atoms with Crippen LogP contribution in [0.2, 0.25) is 0 Å². The fourth-order valence-corrected chi connectivity index (χ4v) is 2.15. The maximum atomic E-state index is 12.2. The quantitative estimate of drug-likeness (QED) is 0.651. The van der Waals surface area contributed by atoms with E-state index in [1.165, 1.54) is 12.3 Å². The van der Waals surface area contributed by atoms with Gasteiger partial charge in [0.25, 0.3) is 0 Å². The Hall–Kier alpha value is -2.94. The first kappa shape index (κ1) is 14.5. The zero-order valence-corrected chi connectivity index (χ0v) is 11.4. The Morgan fingerprint density at radius 3 is 3.05 bits per heavy atom. The fraction of sp³-hybridized carbons (Fsp3) is 0.200. The molecule has 2 heterocycles. The fourth-order valence-electron chi connectivity index (χ4n) is 2.15. The molecule has 0 saturated carbocycles. The molecule has 0 amide bonds. The lowest BCUT2D eigenvalue weighted by Crippen LogP contribution is -2.29. The van der Waals surface area contributed by atoms with Gasteiger partial charge in [-0.15, -0.1) is 0 Å². The zero-order chi connectivity index (χ0) is 15.4. The molecule has 2 rings (SSSR count). The van der Waals surface area contributed by atoms with Crippen molar-refractivity contribution in [3.8, 4) is 6.07 Å². The Kier molecular flexibility index (Phi) is 4.14. The highest BCUT2D eigenvalue weighted by Crippen LogP contribution is 2.37. The highest BCUT2D eigenvalue weighted by atomic mass is 16.5. The van der Waals surface area contributed by atoms with Gasteiger partial charge in [0.05, 0.1) is 17.8 Å². The van der Waals surface area contributed by atoms with Crippen molar-refractivity contribution < 1.29 is 19.1 Å². The van der Waals surface area contributed by atoms with Gasteiger partial charge in [0, 0.05) is 5.70 Å². The summed E-state index contributed by atoms with van der Waals surface area (Å²) in [5.41, 5.74) is 0.629. The van der Waals surface area contributed by atoms with Gasteiger partial charge in [-0.25, -0.2) is 4.79 Å². The number of furan rings is 1. The predicted molar refractivity (Wildman–Crippen MR) is 73.7 cm³/mol. The molecule has 0 bridgehead atoms.